The van der Waals surface area contributed by atoms with E-state index in [1.165, 1.54) is 51.7 Å². The summed E-state index contributed by atoms with van der Waals surface area (Å²) in [6.45, 7) is 14.0. The van der Waals surface area contributed by atoms with E-state index in [0.717, 1.165) is 12.5 Å². The monoisotopic (exact) mass is 240 g/mol. The maximum Gasteiger partial charge on any atom is 0.0107 e. The van der Waals surface area contributed by atoms with Crippen LogP contribution in [0.2, 0.25) is 0 Å². The van der Waals surface area contributed by atoms with Gasteiger partial charge in [0.05, 0.1) is 0 Å². The Kier molecular flexibility index (Phi) is 6.50. The Labute approximate surface area is 108 Å². The van der Waals surface area contributed by atoms with Crippen LogP contribution in [0, 0.1) is 5.92 Å². The van der Waals surface area contributed by atoms with Gasteiger partial charge in [0.15, 0.2) is 0 Å². The van der Waals surface area contributed by atoms with Crippen molar-refractivity contribution < 1.29 is 0 Å². The van der Waals surface area contributed by atoms with Gasteiger partial charge < -0.3 is 10.2 Å². The molecule has 17 heavy (non-hydrogen) atoms. The minimum Gasteiger partial charge on any atom is -0.311 e. The SMILES string of the molecule is CCCC1CCCN(CCNC(C)(C)C)CC1. The van der Waals surface area contributed by atoms with Crippen LogP contribution in [-0.4, -0.2) is 36.6 Å². The van der Waals surface area contributed by atoms with Gasteiger partial charge >= 0.3 is 0 Å². The maximum absolute atomic E-state index is 3.58. The quantitative estimate of drug-likeness (QED) is 0.793. The van der Waals surface area contributed by atoms with Gasteiger partial charge in [-0.2, -0.15) is 0 Å². The molecule has 1 heterocycles. The van der Waals surface area contributed by atoms with Crippen molar-refractivity contribution in [3.05, 3.63) is 0 Å². The van der Waals surface area contributed by atoms with Crippen LogP contribution in [-0.2, 0) is 0 Å². The number of hydrogen-bond donors (Lipinski definition) is 1. The Balaban J connectivity index is 2.18. The summed E-state index contributed by atoms with van der Waals surface area (Å²) in [5.74, 6) is 1.00. The fourth-order valence-electron chi connectivity index (χ4n) is 2.73. The van der Waals surface area contributed by atoms with Crippen molar-refractivity contribution in [2.75, 3.05) is 26.2 Å². The molecule has 1 rings (SSSR count). The second kappa shape index (κ2) is 7.38. The van der Waals surface area contributed by atoms with Crippen molar-refractivity contribution in [2.45, 2.75) is 65.3 Å². The molecule has 0 aromatic rings. The highest BCUT2D eigenvalue weighted by Crippen LogP contribution is 2.21. The minimum absolute atomic E-state index is 0.261. The average molecular weight is 240 g/mol. The lowest BCUT2D eigenvalue weighted by Crippen LogP contribution is -2.41. The second-order valence-electron chi connectivity index (χ2n) is 6.60. The van der Waals surface area contributed by atoms with Crippen LogP contribution in [0.4, 0.5) is 0 Å². The van der Waals surface area contributed by atoms with Crippen molar-refractivity contribution in [3.8, 4) is 0 Å². The molecule has 0 radical (unpaired) electrons. The van der Waals surface area contributed by atoms with Crippen molar-refractivity contribution in [1.29, 1.82) is 0 Å². The van der Waals surface area contributed by atoms with Gasteiger partial charge in [0.25, 0.3) is 0 Å². The number of likely N-dealkylation sites (tertiary alicyclic amines) is 1. The fraction of sp³-hybridized carbons (Fsp3) is 1.00. The zero-order valence-electron chi connectivity index (χ0n) is 12.4. The summed E-state index contributed by atoms with van der Waals surface area (Å²) >= 11 is 0. The number of hydrogen-bond acceptors (Lipinski definition) is 2. The average Bonchev–Trinajstić information content (AvgIpc) is 2.43. The van der Waals surface area contributed by atoms with Crippen LogP contribution < -0.4 is 5.32 Å². The Bertz CT molecular complexity index is 196. The summed E-state index contributed by atoms with van der Waals surface area (Å²) in [6, 6.07) is 0. The highest BCUT2D eigenvalue weighted by atomic mass is 15.1. The molecular weight excluding hydrogens is 208 g/mol. The molecule has 1 fully saturated rings. The van der Waals surface area contributed by atoms with Gasteiger partial charge in [-0.15, -0.1) is 0 Å². The molecule has 2 heteroatoms. The summed E-state index contributed by atoms with van der Waals surface area (Å²) in [7, 11) is 0. The standard InChI is InChI=1S/C15H32N2/c1-5-7-14-8-6-11-17(12-9-14)13-10-16-15(2,3)4/h14,16H,5-13H2,1-4H3. The van der Waals surface area contributed by atoms with E-state index < -0.39 is 0 Å². The van der Waals surface area contributed by atoms with E-state index in [9.17, 15) is 0 Å². The molecule has 0 aromatic carbocycles. The Morgan fingerprint density at radius 3 is 2.59 bits per heavy atom. The first-order valence-corrected chi connectivity index (χ1v) is 7.48. The van der Waals surface area contributed by atoms with Crippen molar-refractivity contribution in [3.63, 3.8) is 0 Å². The first-order valence-electron chi connectivity index (χ1n) is 7.48. The summed E-state index contributed by atoms with van der Waals surface area (Å²) in [6.07, 6.45) is 7.07. The maximum atomic E-state index is 3.58. The molecule has 1 saturated heterocycles. The van der Waals surface area contributed by atoms with Crippen molar-refractivity contribution in [1.82, 2.24) is 10.2 Å². The molecule has 0 spiro atoms. The normalized spacial score (nSPS) is 23.6. The molecule has 2 nitrogen and oxygen atoms in total. The Morgan fingerprint density at radius 1 is 1.18 bits per heavy atom. The minimum atomic E-state index is 0.261. The van der Waals surface area contributed by atoms with E-state index in [4.69, 9.17) is 0 Å². The zero-order chi connectivity index (χ0) is 12.7. The molecule has 1 aliphatic heterocycles. The molecule has 1 atom stereocenters. The number of nitrogens with zero attached hydrogens (tertiary/aromatic N) is 1. The lowest BCUT2D eigenvalue weighted by molar-refractivity contribution is 0.266. The van der Waals surface area contributed by atoms with Crippen LogP contribution >= 0.6 is 0 Å². The third-order valence-electron chi connectivity index (χ3n) is 3.72. The fourth-order valence-corrected chi connectivity index (χ4v) is 2.73. The summed E-state index contributed by atoms with van der Waals surface area (Å²) in [5, 5.41) is 3.58. The van der Waals surface area contributed by atoms with Gasteiger partial charge in [-0.3, -0.25) is 0 Å². The highest BCUT2D eigenvalue weighted by Gasteiger charge is 2.16. The lowest BCUT2D eigenvalue weighted by atomic mass is 9.96. The Hall–Kier alpha value is -0.0800. The molecule has 102 valence electrons. The third-order valence-corrected chi connectivity index (χ3v) is 3.72. The third kappa shape index (κ3) is 7.05. The topological polar surface area (TPSA) is 15.3 Å². The molecule has 1 N–H and O–H groups in total. The predicted molar refractivity (Wildman–Crippen MR) is 76.4 cm³/mol. The molecule has 0 aliphatic carbocycles. The molecule has 0 bridgehead atoms. The van der Waals surface area contributed by atoms with Gasteiger partial charge in [0.1, 0.15) is 0 Å². The smallest absolute Gasteiger partial charge is 0.0107 e. The van der Waals surface area contributed by atoms with Crippen LogP contribution in [0.15, 0.2) is 0 Å². The summed E-state index contributed by atoms with van der Waals surface area (Å²) in [4.78, 5) is 2.65. The number of rotatable bonds is 5. The molecule has 1 unspecified atom stereocenters. The van der Waals surface area contributed by atoms with Gasteiger partial charge in [-0.05, 0) is 59.0 Å². The van der Waals surface area contributed by atoms with E-state index >= 15 is 0 Å². The van der Waals surface area contributed by atoms with E-state index in [1.807, 2.05) is 0 Å². The van der Waals surface area contributed by atoms with Crippen LogP contribution in [0.1, 0.15) is 59.8 Å². The predicted octanol–water partition coefficient (Wildman–Crippen LogP) is 3.28. The largest absolute Gasteiger partial charge is 0.311 e. The van der Waals surface area contributed by atoms with Gasteiger partial charge in [-0.1, -0.05) is 19.8 Å². The molecule has 0 amide bonds. The van der Waals surface area contributed by atoms with Crippen molar-refractivity contribution in [2.24, 2.45) is 5.92 Å². The van der Waals surface area contributed by atoms with Gasteiger partial charge in [0, 0.05) is 18.6 Å². The van der Waals surface area contributed by atoms with E-state index in [0.29, 0.717) is 0 Å². The summed E-state index contributed by atoms with van der Waals surface area (Å²) < 4.78 is 0. The highest BCUT2D eigenvalue weighted by molar-refractivity contribution is 4.74. The Morgan fingerprint density at radius 2 is 1.94 bits per heavy atom. The molecular formula is C15H32N2. The van der Waals surface area contributed by atoms with Gasteiger partial charge in [-0.25, -0.2) is 0 Å². The summed E-state index contributed by atoms with van der Waals surface area (Å²) in [5.41, 5.74) is 0.261. The van der Waals surface area contributed by atoms with Crippen LogP contribution in [0.25, 0.3) is 0 Å². The molecule has 0 aromatic heterocycles. The van der Waals surface area contributed by atoms with E-state index in [-0.39, 0.29) is 5.54 Å². The van der Waals surface area contributed by atoms with Crippen LogP contribution in [0.3, 0.4) is 0 Å². The molecule has 1 aliphatic rings. The van der Waals surface area contributed by atoms with E-state index in [1.54, 1.807) is 0 Å². The zero-order valence-corrected chi connectivity index (χ0v) is 12.4. The van der Waals surface area contributed by atoms with E-state index in [2.05, 4.69) is 37.9 Å². The first-order chi connectivity index (χ1) is 8.01. The second-order valence-corrected chi connectivity index (χ2v) is 6.60. The van der Waals surface area contributed by atoms with Gasteiger partial charge in [0.2, 0.25) is 0 Å². The van der Waals surface area contributed by atoms with Crippen LogP contribution in [0.5, 0.6) is 0 Å². The molecule has 0 saturated carbocycles. The lowest BCUT2D eigenvalue weighted by Gasteiger charge is -2.25. The van der Waals surface area contributed by atoms with Crippen molar-refractivity contribution >= 4 is 0 Å². The first kappa shape index (κ1) is 15.0. The number of nitrogens with one attached hydrogen (secondary N) is 1.